The highest BCUT2D eigenvalue weighted by Gasteiger charge is 2.36. The second kappa shape index (κ2) is 3.87. The average Bonchev–Trinajstić information content (AvgIpc) is 2.45. The maximum absolute atomic E-state index is 11.3. The highest BCUT2D eigenvalue weighted by atomic mass is 16.2. The summed E-state index contributed by atoms with van der Waals surface area (Å²) in [6.45, 7) is 4.19. The van der Waals surface area contributed by atoms with Gasteiger partial charge in [0.25, 0.3) is 0 Å². The molecule has 1 heterocycles. The lowest BCUT2D eigenvalue weighted by atomic mass is 10.00. The summed E-state index contributed by atoms with van der Waals surface area (Å²) in [5, 5.41) is 0. The molecule has 0 aromatic rings. The molecule has 0 aromatic carbocycles. The maximum atomic E-state index is 11.3. The lowest BCUT2D eigenvalue weighted by Crippen LogP contribution is -2.44. The van der Waals surface area contributed by atoms with Crippen molar-refractivity contribution in [1.82, 2.24) is 4.90 Å². The van der Waals surface area contributed by atoms with E-state index in [1.807, 2.05) is 6.92 Å². The number of ketones is 1. The third-order valence-corrected chi connectivity index (χ3v) is 2.61. The van der Waals surface area contributed by atoms with Gasteiger partial charge in [-0.05, 0) is 19.3 Å². The number of amides is 1. The Labute approximate surface area is 78.1 Å². The van der Waals surface area contributed by atoms with Crippen LogP contribution < -0.4 is 5.73 Å². The van der Waals surface area contributed by atoms with Gasteiger partial charge in [0.1, 0.15) is 0 Å². The zero-order valence-electron chi connectivity index (χ0n) is 8.12. The molecule has 4 nitrogen and oxygen atoms in total. The van der Waals surface area contributed by atoms with E-state index in [1.165, 1.54) is 6.92 Å². The monoisotopic (exact) mass is 184 g/mol. The number of hydrogen-bond acceptors (Lipinski definition) is 3. The van der Waals surface area contributed by atoms with Crippen molar-refractivity contribution >= 4 is 11.7 Å². The Kier molecular flexibility index (Phi) is 3.03. The molecule has 74 valence electrons. The molecule has 0 bridgehead atoms. The topological polar surface area (TPSA) is 63.4 Å². The van der Waals surface area contributed by atoms with Crippen molar-refractivity contribution in [3.05, 3.63) is 0 Å². The van der Waals surface area contributed by atoms with E-state index in [4.69, 9.17) is 5.73 Å². The van der Waals surface area contributed by atoms with Gasteiger partial charge in [-0.25, -0.2) is 0 Å². The third kappa shape index (κ3) is 1.88. The van der Waals surface area contributed by atoms with E-state index in [0.717, 1.165) is 6.42 Å². The van der Waals surface area contributed by atoms with Gasteiger partial charge in [0, 0.05) is 6.54 Å². The first-order valence-corrected chi connectivity index (χ1v) is 4.58. The first-order valence-electron chi connectivity index (χ1n) is 4.58. The highest BCUT2D eigenvalue weighted by molar-refractivity contribution is 5.89. The van der Waals surface area contributed by atoms with E-state index < -0.39 is 0 Å². The molecule has 4 heteroatoms. The van der Waals surface area contributed by atoms with Crippen LogP contribution >= 0.6 is 0 Å². The van der Waals surface area contributed by atoms with Crippen molar-refractivity contribution in [3.63, 3.8) is 0 Å². The lowest BCUT2D eigenvalue weighted by molar-refractivity contribution is -0.136. The fourth-order valence-electron chi connectivity index (χ4n) is 1.96. The molecule has 1 amide bonds. The predicted octanol–water partition coefficient (Wildman–Crippen LogP) is -0.229. The molecular weight excluding hydrogens is 168 g/mol. The van der Waals surface area contributed by atoms with E-state index in [1.54, 1.807) is 4.90 Å². The van der Waals surface area contributed by atoms with Crippen molar-refractivity contribution < 1.29 is 9.59 Å². The van der Waals surface area contributed by atoms with Crippen LogP contribution in [0.5, 0.6) is 0 Å². The molecular formula is C9H16N2O2. The normalized spacial score (nSPS) is 27.8. The van der Waals surface area contributed by atoms with Gasteiger partial charge in [-0.2, -0.15) is 0 Å². The Hall–Kier alpha value is -0.900. The van der Waals surface area contributed by atoms with E-state index >= 15 is 0 Å². The number of hydrogen-bond donors (Lipinski definition) is 1. The zero-order chi connectivity index (χ0) is 10.0. The van der Waals surface area contributed by atoms with Crippen LogP contribution in [-0.2, 0) is 9.59 Å². The minimum Gasteiger partial charge on any atom is -0.331 e. The van der Waals surface area contributed by atoms with Crippen molar-refractivity contribution in [2.24, 2.45) is 11.7 Å². The molecule has 0 aliphatic carbocycles. The highest BCUT2D eigenvalue weighted by Crippen LogP contribution is 2.24. The molecule has 0 aromatic heterocycles. The Morgan fingerprint density at radius 2 is 2.15 bits per heavy atom. The van der Waals surface area contributed by atoms with Crippen LogP contribution in [-0.4, -0.2) is 35.7 Å². The van der Waals surface area contributed by atoms with Crippen LogP contribution in [0.15, 0.2) is 0 Å². The summed E-state index contributed by atoms with van der Waals surface area (Å²) in [4.78, 5) is 24.2. The molecule has 1 rings (SSSR count). The molecule has 1 aliphatic rings. The Morgan fingerprint density at radius 1 is 1.54 bits per heavy atom. The van der Waals surface area contributed by atoms with E-state index in [9.17, 15) is 9.59 Å². The molecule has 0 radical (unpaired) electrons. The van der Waals surface area contributed by atoms with Crippen molar-refractivity contribution in [2.45, 2.75) is 26.3 Å². The Bertz CT molecular complexity index is 228. The second-order valence-corrected chi connectivity index (χ2v) is 3.61. The predicted molar refractivity (Wildman–Crippen MR) is 49.0 cm³/mol. The standard InChI is InChI=1S/C9H16N2O2/c1-6-3-4-11(8(13)5-10)9(6)7(2)12/h6,9H,3-5,10H2,1-2H3/t6-,9?/m1/s1. The molecule has 1 fully saturated rings. The van der Waals surface area contributed by atoms with Gasteiger partial charge in [0.2, 0.25) is 5.91 Å². The average molecular weight is 184 g/mol. The fraction of sp³-hybridized carbons (Fsp3) is 0.778. The van der Waals surface area contributed by atoms with Crippen LogP contribution in [0.3, 0.4) is 0 Å². The van der Waals surface area contributed by atoms with Crippen LogP contribution in [0.25, 0.3) is 0 Å². The van der Waals surface area contributed by atoms with Gasteiger partial charge in [-0.15, -0.1) is 0 Å². The van der Waals surface area contributed by atoms with Gasteiger partial charge in [0.05, 0.1) is 12.6 Å². The summed E-state index contributed by atoms with van der Waals surface area (Å²) in [5.74, 6) is 0.212. The summed E-state index contributed by atoms with van der Waals surface area (Å²) in [6, 6.07) is -0.240. The number of rotatable bonds is 2. The molecule has 1 saturated heterocycles. The van der Waals surface area contributed by atoms with E-state index in [-0.39, 0.29) is 30.2 Å². The van der Waals surface area contributed by atoms with Crippen LogP contribution in [0.1, 0.15) is 20.3 Å². The van der Waals surface area contributed by atoms with Gasteiger partial charge >= 0.3 is 0 Å². The first-order chi connectivity index (χ1) is 6.07. The number of nitrogens with zero attached hydrogens (tertiary/aromatic N) is 1. The second-order valence-electron chi connectivity index (χ2n) is 3.61. The Morgan fingerprint density at radius 3 is 2.62 bits per heavy atom. The number of Topliss-reactive ketones (excluding diaryl/α,β-unsaturated/α-hetero) is 1. The molecule has 0 spiro atoms. The number of likely N-dealkylation sites (tertiary alicyclic amines) is 1. The minimum atomic E-state index is -0.240. The van der Waals surface area contributed by atoms with Gasteiger partial charge in [-0.3, -0.25) is 9.59 Å². The lowest BCUT2D eigenvalue weighted by Gasteiger charge is -2.23. The molecule has 2 atom stereocenters. The summed E-state index contributed by atoms with van der Waals surface area (Å²) >= 11 is 0. The minimum absolute atomic E-state index is 0.00347. The van der Waals surface area contributed by atoms with E-state index in [0.29, 0.717) is 6.54 Å². The number of carbonyl (C=O) groups excluding carboxylic acids is 2. The van der Waals surface area contributed by atoms with Crippen molar-refractivity contribution in [2.75, 3.05) is 13.1 Å². The van der Waals surface area contributed by atoms with Crippen LogP contribution in [0, 0.1) is 5.92 Å². The summed E-state index contributed by atoms with van der Waals surface area (Å²) in [7, 11) is 0. The van der Waals surface area contributed by atoms with Gasteiger partial charge in [0.15, 0.2) is 5.78 Å². The Balaban J connectivity index is 2.75. The fourth-order valence-corrected chi connectivity index (χ4v) is 1.96. The van der Waals surface area contributed by atoms with E-state index in [2.05, 4.69) is 0 Å². The summed E-state index contributed by atoms with van der Waals surface area (Å²) < 4.78 is 0. The quantitative estimate of drug-likeness (QED) is 0.645. The largest absolute Gasteiger partial charge is 0.331 e. The summed E-state index contributed by atoms with van der Waals surface area (Å²) in [5.41, 5.74) is 5.26. The van der Waals surface area contributed by atoms with Crippen molar-refractivity contribution in [1.29, 1.82) is 0 Å². The molecule has 0 saturated carbocycles. The van der Waals surface area contributed by atoms with Gasteiger partial charge < -0.3 is 10.6 Å². The molecule has 2 N–H and O–H groups in total. The van der Waals surface area contributed by atoms with Crippen LogP contribution in [0.2, 0.25) is 0 Å². The maximum Gasteiger partial charge on any atom is 0.236 e. The zero-order valence-corrected chi connectivity index (χ0v) is 8.12. The van der Waals surface area contributed by atoms with Crippen LogP contribution in [0.4, 0.5) is 0 Å². The first kappa shape index (κ1) is 10.2. The molecule has 1 unspecified atom stereocenters. The third-order valence-electron chi connectivity index (χ3n) is 2.61. The summed E-state index contributed by atoms with van der Waals surface area (Å²) in [6.07, 6.45) is 0.899. The number of carbonyl (C=O) groups is 2. The molecule has 1 aliphatic heterocycles. The number of nitrogens with two attached hydrogens (primary N) is 1. The molecule has 13 heavy (non-hydrogen) atoms. The van der Waals surface area contributed by atoms with Gasteiger partial charge in [-0.1, -0.05) is 6.92 Å². The smallest absolute Gasteiger partial charge is 0.236 e. The SMILES string of the molecule is CC(=O)C1[C@H](C)CCN1C(=O)CN. The van der Waals surface area contributed by atoms with Crippen molar-refractivity contribution in [3.8, 4) is 0 Å².